The molecule has 0 radical (unpaired) electrons. The van der Waals surface area contributed by atoms with E-state index in [2.05, 4.69) is 15.9 Å². The van der Waals surface area contributed by atoms with Crippen LogP contribution in [0.1, 0.15) is 15.9 Å². The van der Waals surface area contributed by atoms with Crippen LogP contribution >= 0.6 is 27.3 Å². The van der Waals surface area contributed by atoms with Gasteiger partial charge in [0, 0.05) is 4.47 Å². The van der Waals surface area contributed by atoms with Gasteiger partial charge in [0.05, 0.1) is 29.4 Å². The minimum atomic E-state index is -0.144. The van der Waals surface area contributed by atoms with Crippen molar-refractivity contribution < 1.29 is 9.53 Å². The Morgan fingerprint density at radius 1 is 0.969 bits per heavy atom. The van der Waals surface area contributed by atoms with Crippen LogP contribution in [0.2, 0.25) is 0 Å². The molecule has 6 heteroatoms. The Morgan fingerprint density at radius 3 is 2.44 bits per heavy atom. The zero-order valence-corrected chi connectivity index (χ0v) is 19.7. The number of carbonyl (C=O) groups is 1. The van der Waals surface area contributed by atoms with Crippen LogP contribution in [0.5, 0.6) is 5.75 Å². The maximum absolute atomic E-state index is 13.9. The zero-order valence-electron chi connectivity index (χ0n) is 17.3. The number of hydrogen-bond acceptors (Lipinski definition) is 4. The molecule has 158 valence electrons. The van der Waals surface area contributed by atoms with E-state index in [0.717, 1.165) is 31.0 Å². The SMILES string of the molecule is COc1cc2ccccc2cc1C(=O)N(Cc1ccccc1)c1nc2ccc(Br)cc2s1. The fourth-order valence-electron chi connectivity index (χ4n) is 3.69. The normalized spacial score (nSPS) is 11.1. The van der Waals surface area contributed by atoms with E-state index >= 15 is 0 Å². The second-order valence-electron chi connectivity index (χ2n) is 7.39. The third kappa shape index (κ3) is 3.99. The molecule has 0 unspecified atom stereocenters. The summed E-state index contributed by atoms with van der Waals surface area (Å²) >= 11 is 5.02. The predicted molar refractivity (Wildman–Crippen MR) is 135 cm³/mol. The highest BCUT2D eigenvalue weighted by Gasteiger charge is 2.25. The molecule has 4 nitrogen and oxygen atoms in total. The second-order valence-corrected chi connectivity index (χ2v) is 9.31. The molecule has 0 atom stereocenters. The van der Waals surface area contributed by atoms with Gasteiger partial charge in [-0.1, -0.05) is 81.9 Å². The van der Waals surface area contributed by atoms with E-state index in [4.69, 9.17) is 9.72 Å². The van der Waals surface area contributed by atoms with E-state index in [0.29, 0.717) is 23.0 Å². The monoisotopic (exact) mass is 502 g/mol. The van der Waals surface area contributed by atoms with E-state index in [9.17, 15) is 4.79 Å². The van der Waals surface area contributed by atoms with Crippen LogP contribution in [0.4, 0.5) is 5.13 Å². The van der Waals surface area contributed by atoms with Crippen LogP contribution in [-0.2, 0) is 6.54 Å². The molecule has 0 spiro atoms. The lowest BCUT2D eigenvalue weighted by Gasteiger charge is -2.21. The first-order valence-electron chi connectivity index (χ1n) is 10.1. The van der Waals surface area contributed by atoms with Crippen molar-refractivity contribution in [2.75, 3.05) is 12.0 Å². The summed E-state index contributed by atoms with van der Waals surface area (Å²) in [6, 6.07) is 27.7. The first-order valence-corrected chi connectivity index (χ1v) is 11.7. The van der Waals surface area contributed by atoms with E-state index in [1.807, 2.05) is 84.9 Å². The van der Waals surface area contributed by atoms with Gasteiger partial charge in [-0.2, -0.15) is 0 Å². The highest BCUT2D eigenvalue weighted by molar-refractivity contribution is 9.10. The number of methoxy groups -OCH3 is 1. The third-order valence-electron chi connectivity index (χ3n) is 5.30. The number of fused-ring (bicyclic) bond motifs is 2. The molecule has 4 aromatic carbocycles. The van der Waals surface area contributed by atoms with Gasteiger partial charge in [0.15, 0.2) is 5.13 Å². The summed E-state index contributed by atoms with van der Waals surface area (Å²) in [4.78, 5) is 20.4. The van der Waals surface area contributed by atoms with Gasteiger partial charge < -0.3 is 4.74 Å². The molecule has 5 rings (SSSR count). The molecule has 0 saturated carbocycles. The molecule has 0 aliphatic carbocycles. The average molecular weight is 503 g/mol. The molecule has 0 bridgehead atoms. The number of thiazole rings is 1. The van der Waals surface area contributed by atoms with Crippen molar-refractivity contribution in [3.63, 3.8) is 0 Å². The Bertz CT molecular complexity index is 1430. The maximum Gasteiger partial charge on any atom is 0.264 e. The Hall–Kier alpha value is -3.22. The van der Waals surface area contributed by atoms with E-state index < -0.39 is 0 Å². The van der Waals surface area contributed by atoms with Crippen LogP contribution in [0.25, 0.3) is 21.0 Å². The summed E-state index contributed by atoms with van der Waals surface area (Å²) in [5, 5.41) is 2.67. The highest BCUT2D eigenvalue weighted by atomic mass is 79.9. The quantitative estimate of drug-likeness (QED) is 0.258. The first-order chi connectivity index (χ1) is 15.6. The van der Waals surface area contributed by atoms with Crippen LogP contribution in [-0.4, -0.2) is 18.0 Å². The smallest absolute Gasteiger partial charge is 0.264 e. The van der Waals surface area contributed by atoms with Crippen LogP contribution in [0.15, 0.2) is 89.4 Å². The number of rotatable bonds is 5. The molecular formula is C26H19BrN2O2S. The first kappa shape index (κ1) is 20.7. The molecular weight excluding hydrogens is 484 g/mol. The predicted octanol–water partition coefficient (Wildman–Crippen LogP) is 7.07. The van der Waals surface area contributed by atoms with Crippen molar-refractivity contribution in [3.8, 4) is 5.75 Å². The number of hydrogen-bond donors (Lipinski definition) is 0. The molecule has 32 heavy (non-hydrogen) atoms. The molecule has 1 heterocycles. The summed E-state index contributed by atoms with van der Waals surface area (Å²) in [5.41, 5.74) is 2.41. The Kier molecular flexibility index (Phi) is 5.64. The van der Waals surface area contributed by atoms with Crippen molar-refractivity contribution in [3.05, 3.63) is 101 Å². The summed E-state index contributed by atoms with van der Waals surface area (Å²) in [6.45, 7) is 0.413. The summed E-state index contributed by atoms with van der Waals surface area (Å²) in [6.07, 6.45) is 0. The van der Waals surface area contributed by atoms with Gasteiger partial charge in [0.2, 0.25) is 0 Å². The number of benzene rings is 4. The van der Waals surface area contributed by atoms with Gasteiger partial charge in [-0.3, -0.25) is 9.69 Å². The summed E-state index contributed by atoms with van der Waals surface area (Å²) in [7, 11) is 1.59. The second kappa shape index (κ2) is 8.73. The number of amides is 1. The Labute approximate surface area is 198 Å². The van der Waals surface area contributed by atoms with Crippen LogP contribution < -0.4 is 9.64 Å². The lowest BCUT2D eigenvalue weighted by atomic mass is 10.0. The van der Waals surface area contributed by atoms with Gasteiger partial charge in [-0.05, 0) is 46.7 Å². The fourth-order valence-corrected chi connectivity index (χ4v) is 5.21. The number of ether oxygens (including phenoxy) is 1. The molecule has 0 aliphatic heterocycles. The summed E-state index contributed by atoms with van der Waals surface area (Å²) in [5.74, 6) is 0.408. The van der Waals surface area contributed by atoms with Crippen molar-refractivity contribution in [2.24, 2.45) is 0 Å². The van der Waals surface area contributed by atoms with Crippen LogP contribution in [0.3, 0.4) is 0 Å². The number of aromatic nitrogens is 1. The molecule has 0 aliphatic rings. The van der Waals surface area contributed by atoms with Crippen molar-refractivity contribution in [2.45, 2.75) is 6.54 Å². The van der Waals surface area contributed by atoms with Gasteiger partial charge in [-0.25, -0.2) is 4.98 Å². The minimum Gasteiger partial charge on any atom is -0.496 e. The lowest BCUT2D eigenvalue weighted by molar-refractivity contribution is 0.0982. The number of carbonyl (C=O) groups excluding carboxylic acids is 1. The standard InChI is InChI=1S/C26H19BrN2O2S/c1-31-23-14-19-10-6-5-9-18(19)13-21(23)25(30)29(16-17-7-3-2-4-8-17)26-28-22-12-11-20(27)15-24(22)32-26/h2-15H,16H2,1H3. The zero-order chi connectivity index (χ0) is 22.1. The van der Waals surface area contributed by atoms with Gasteiger partial charge >= 0.3 is 0 Å². The largest absolute Gasteiger partial charge is 0.496 e. The molecule has 0 fully saturated rings. The van der Waals surface area contributed by atoms with Gasteiger partial charge in [0.25, 0.3) is 5.91 Å². The summed E-state index contributed by atoms with van der Waals surface area (Å²) < 4.78 is 7.62. The molecule has 1 amide bonds. The van der Waals surface area contributed by atoms with Crippen molar-refractivity contribution in [1.29, 1.82) is 0 Å². The van der Waals surface area contributed by atoms with Gasteiger partial charge in [0.1, 0.15) is 5.75 Å². The average Bonchev–Trinajstić information content (AvgIpc) is 3.24. The van der Waals surface area contributed by atoms with Gasteiger partial charge in [-0.15, -0.1) is 0 Å². The van der Waals surface area contributed by atoms with E-state index in [1.165, 1.54) is 11.3 Å². The Balaban J connectivity index is 1.64. The number of anilines is 1. The van der Waals surface area contributed by atoms with E-state index in [1.54, 1.807) is 12.0 Å². The highest BCUT2D eigenvalue weighted by Crippen LogP contribution is 2.34. The molecule has 5 aromatic rings. The lowest BCUT2D eigenvalue weighted by Crippen LogP contribution is -2.30. The molecule has 0 N–H and O–H groups in total. The molecule has 1 aromatic heterocycles. The topological polar surface area (TPSA) is 42.4 Å². The molecule has 0 saturated heterocycles. The number of halogens is 1. The Morgan fingerprint density at radius 2 is 1.69 bits per heavy atom. The fraction of sp³-hybridized carbons (Fsp3) is 0.0769. The van der Waals surface area contributed by atoms with Crippen molar-refractivity contribution in [1.82, 2.24) is 4.98 Å². The maximum atomic E-state index is 13.9. The van der Waals surface area contributed by atoms with E-state index in [-0.39, 0.29) is 5.91 Å². The third-order valence-corrected chi connectivity index (χ3v) is 6.83. The van der Waals surface area contributed by atoms with Crippen molar-refractivity contribution >= 4 is 59.3 Å². The number of nitrogens with zero attached hydrogens (tertiary/aromatic N) is 2. The minimum absolute atomic E-state index is 0.144. The van der Waals surface area contributed by atoms with Crippen LogP contribution in [0, 0.1) is 0 Å².